The van der Waals surface area contributed by atoms with Gasteiger partial charge < -0.3 is 14.4 Å². The molecule has 10 heteroatoms. The summed E-state index contributed by atoms with van der Waals surface area (Å²) in [6.45, 7) is 6.57. The van der Waals surface area contributed by atoms with Crippen molar-refractivity contribution < 1.29 is 14.0 Å². The van der Waals surface area contributed by atoms with E-state index in [4.69, 9.17) is 0 Å². The third kappa shape index (κ3) is 5.69. The molecule has 1 saturated heterocycles. The highest BCUT2D eigenvalue weighted by molar-refractivity contribution is 6.14. The van der Waals surface area contributed by atoms with Crippen LogP contribution in [0.1, 0.15) is 52.7 Å². The molecule has 248 valence electrons. The van der Waals surface area contributed by atoms with E-state index in [1.807, 2.05) is 42.4 Å². The molecule has 6 heterocycles. The minimum atomic E-state index is -0.302. The van der Waals surface area contributed by atoms with Crippen LogP contribution in [0.4, 0.5) is 4.39 Å². The number of benzene rings is 2. The van der Waals surface area contributed by atoms with Crippen LogP contribution >= 0.6 is 0 Å². The smallest absolute Gasteiger partial charge is 0.256 e. The van der Waals surface area contributed by atoms with E-state index in [1.54, 1.807) is 36.1 Å². The summed E-state index contributed by atoms with van der Waals surface area (Å²) in [5, 5.41) is 6.88. The quantitative estimate of drug-likeness (QED) is 0.160. The number of amides is 1. The standard InChI is InChI=1S/C39H38FN7O2/c1-25(48)36-38-31(13-17-42-36)29-6-3-4-7-34(29)47(38)19-5-18-45-20-14-26(15-21-45)22-46-24-33-35(39(46)49)30(12-16-41-33)32-23-44(2)43-37(32)27-8-10-28(40)11-9-27/h3-4,6-13,16-17,23,26H,5,14-15,18-22,24H2,1-2H3. The highest BCUT2D eigenvalue weighted by Crippen LogP contribution is 2.37. The van der Waals surface area contributed by atoms with Crippen LogP contribution in [0.2, 0.25) is 0 Å². The fraction of sp³-hybridized carbons (Fsp3) is 0.308. The number of aromatic nitrogens is 5. The maximum Gasteiger partial charge on any atom is 0.256 e. The second kappa shape index (κ2) is 12.7. The van der Waals surface area contributed by atoms with E-state index in [9.17, 15) is 14.0 Å². The molecular weight excluding hydrogens is 617 g/mol. The zero-order valence-corrected chi connectivity index (χ0v) is 27.8. The molecule has 2 aromatic carbocycles. The number of para-hydroxylation sites is 1. The van der Waals surface area contributed by atoms with Gasteiger partial charge >= 0.3 is 0 Å². The number of rotatable bonds is 9. The first-order valence-corrected chi connectivity index (χ1v) is 17.0. The second-order valence-electron chi connectivity index (χ2n) is 13.4. The molecule has 49 heavy (non-hydrogen) atoms. The zero-order valence-electron chi connectivity index (χ0n) is 27.8. The van der Waals surface area contributed by atoms with Crippen LogP contribution < -0.4 is 0 Å². The Morgan fingerprint density at radius 3 is 2.49 bits per heavy atom. The Hall–Kier alpha value is -5.22. The van der Waals surface area contributed by atoms with Crippen LogP contribution in [0.25, 0.3) is 44.2 Å². The van der Waals surface area contributed by atoms with Gasteiger partial charge in [0.15, 0.2) is 5.78 Å². The van der Waals surface area contributed by atoms with Crippen molar-refractivity contribution in [2.75, 3.05) is 26.2 Å². The number of halogens is 1. The summed E-state index contributed by atoms with van der Waals surface area (Å²) < 4.78 is 17.7. The fourth-order valence-electron chi connectivity index (χ4n) is 7.80. The zero-order chi connectivity index (χ0) is 33.6. The molecule has 6 aromatic rings. The van der Waals surface area contributed by atoms with E-state index in [0.29, 0.717) is 36.0 Å². The second-order valence-corrected chi connectivity index (χ2v) is 13.4. The average molecular weight is 656 g/mol. The average Bonchev–Trinajstić information content (AvgIpc) is 3.77. The number of fused-ring (bicyclic) bond motifs is 4. The Morgan fingerprint density at radius 1 is 0.918 bits per heavy atom. The summed E-state index contributed by atoms with van der Waals surface area (Å²) >= 11 is 0. The molecule has 0 spiro atoms. The molecule has 2 aliphatic heterocycles. The number of aryl methyl sites for hydroxylation is 2. The van der Waals surface area contributed by atoms with Gasteiger partial charge in [0.05, 0.1) is 23.3 Å². The number of ketones is 1. The van der Waals surface area contributed by atoms with Crippen molar-refractivity contribution in [1.29, 1.82) is 0 Å². The van der Waals surface area contributed by atoms with Crippen molar-refractivity contribution in [2.24, 2.45) is 13.0 Å². The fourth-order valence-corrected chi connectivity index (χ4v) is 7.80. The molecule has 0 N–H and O–H groups in total. The van der Waals surface area contributed by atoms with Gasteiger partial charge in [-0.25, -0.2) is 4.39 Å². The summed E-state index contributed by atoms with van der Waals surface area (Å²) in [5.74, 6) is 0.118. The molecule has 0 aliphatic carbocycles. The van der Waals surface area contributed by atoms with Gasteiger partial charge in [-0.3, -0.25) is 24.2 Å². The van der Waals surface area contributed by atoms with Gasteiger partial charge in [-0.15, -0.1) is 0 Å². The van der Waals surface area contributed by atoms with Crippen molar-refractivity contribution in [1.82, 2.24) is 34.1 Å². The highest BCUT2D eigenvalue weighted by Gasteiger charge is 2.34. The van der Waals surface area contributed by atoms with E-state index in [0.717, 1.165) is 89.6 Å². The predicted molar refractivity (Wildman–Crippen MR) is 188 cm³/mol. The number of Topliss-reactive ketones (excluding diaryl/α,β-unsaturated/α-hetero) is 1. The summed E-state index contributed by atoms with van der Waals surface area (Å²) in [5.41, 5.74) is 7.19. The van der Waals surface area contributed by atoms with Crippen LogP contribution in [0.15, 0.2) is 79.3 Å². The minimum Gasteiger partial charge on any atom is -0.339 e. The topological polar surface area (TPSA) is 89.2 Å². The van der Waals surface area contributed by atoms with Crippen LogP contribution in [0.3, 0.4) is 0 Å². The molecule has 0 radical (unpaired) electrons. The van der Waals surface area contributed by atoms with Crippen molar-refractivity contribution in [2.45, 2.75) is 39.3 Å². The first kappa shape index (κ1) is 31.1. The number of hydrogen-bond acceptors (Lipinski definition) is 6. The summed E-state index contributed by atoms with van der Waals surface area (Å²) in [4.78, 5) is 39.9. The first-order chi connectivity index (χ1) is 23.9. The van der Waals surface area contributed by atoms with E-state index < -0.39 is 0 Å². The number of carbonyl (C=O) groups excluding carboxylic acids is 2. The van der Waals surface area contributed by atoms with Crippen molar-refractivity contribution >= 4 is 33.5 Å². The monoisotopic (exact) mass is 655 g/mol. The molecule has 4 aromatic heterocycles. The lowest BCUT2D eigenvalue weighted by Crippen LogP contribution is -2.39. The molecular formula is C39H38FN7O2. The normalized spacial score (nSPS) is 15.5. The van der Waals surface area contributed by atoms with Crippen molar-refractivity contribution in [3.63, 3.8) is 0 Å². The summed E-state index contributed by atoms with van der Waals surface area (Å²) in [6.07, 6.45) is 8.45. The van der Waals surface area contributed by atoms with Gasteiger partial charge in [-0.1, -0.05) is 18.2 Å². The van der Waals surface area contributed by atoms with E-state index >= 15 is 0 Å². The Morgan fingerprint density at radius 2 is 1.69 bits per heavy atom. The molecule has 0 atom stereocenters. The summed E-state index contributed by atoms with van der Waals surface area (Å²) in [6, 6.07) is 18.5. The SMILES string of the molecule is CC(=O)c1nccc2c3ccccc3n(CCCN3CCC(CN4Cc5nccc(-c6cn(C)nc6-c6ccc(F)cc6)c5C4=O)CC3)c12. The largest absolute Gasteiger partial charge is 0.339 e. The molecule has 1 amide bonds. The van der Waals surface area contributed by atoms with Gasteiger partial charge in [0.1, 0.15) is 17.2 Å². The molecule has 0 bridgehead atoms. The van der Waals surface area contributed by atoms with Gasteiger partial charge in [-0.05, 0) is 87.3 Å². The maximum absolute atomic E-state index is 13.9. The number of pyridine rings is 2. The molecule has 1 fully saturated rings. The first-order valence-electron chi connectivity index (χ1n) is 17.0. The molecule has 9 nitrogen and oxygen atoms in total. The number of carbonyl (C=O) groups is 2. The van der Waals surface area contributed by atoms with Crippen LogP contribution in [0.5, 0.6) is 0 Å². The van der Waals surface area contributed by atoms with Gasteiger partial charge in [0.2, 0.25) is 0 Å². The van der Waals surface area contributed by atoms with Crippen molar-refractivity contribution in [3.8, 4) is 22.4 Å². The Balaban J connectivity index is 0.913. The van der Waals surface area contributed by atoms with Crippen LogP contribution in [0, 0.1) is 11.7 Å². The van der Waals surface area contributed by atoms with Crippen molar-refractivity contribution in [3.05, 3.63) is 102 Å². The summed E-state index contributed by atoms with van der Waals surface area (Å²) in [7, 11) is 1.85. The Labute approximate surface area is 284 Å². The lowest BCUT2D eigenvalue weighted by molar-refractivity contribution is 0.0713. The Bertz CT molecular complexity index is 2210. The molecule has 0 saturated carbocycles. The minimum absolute atomic E-state index is 0.0139. The van der Waals surface area contributed by atoms with Gasteiger partial charge in [0.25, 0.3) is 5.91 Å². The Kier molecular flexibility index (Phi) is 8.03. The third-order valence-corrected chi connectivity index (χ3v) is 10.2. The third-order valence-electron chi connectivity index (χ3n) is 10.2. The number of hydrogen-bond donors (Lipinski definition) is 0. The number of nitrogens with zero attached hydrogens (tertiary/aromatic N) is 7. The van der Waals surface area contributed by atoms with E-state index in [-0.39, 0.29) is 17.5 Å². The van der Waals surface area contributed by atoms with E-state index in [1.165, 1.54) is 12.1 Å². The van der Waals surface area contributed by atoms with Crippen LogP contribution in [-0.4, -0.2) is 72.0 Å². The molecule has 2 aliphatic rings. The highest BCUT2D eigenvalue weighted by atomic mass is 19.1. The lowest BCUT2D eigenvalue weighted by atomic mass is 9.95. The van der Waals surface area contributed by atoms with Crippen LogP contribution in [-0.2, 0) is 20.1 Å². The van der Waals surface area contributed by atoms with Gasteiger partial charge in [0, 0.05) is 78.6 Å². The van der Waals surface area contributed by atoms with Gasteiger partial charge in [-0.2, -0.15) is 5.10 Å². The molecule has 0 unspecified atom stereocenters. The number of likely N-dealkylation sites (tertiary alicyclic amines) is 1. The van der Waals surface area contributed by atoms with E-state index in [2.05, 4.69) is 36.7 Å². The molecule has 8 rings (SSSR count). The predicted octanol–water partition coefficient (Wildman–Crippen LogP) is 6.75. The lowest BCUT2D eigenvalue weighted by Gasteiger charge is -2.33. The maximum atomic E-state index is 13.9. The number of piperidine rings is 1.